The van der Waals surface area contributed by atoms with Crippen LogP contribution in [0.1, 0.15) is 36.7 Å². The average molecular weight is 827 g/mol. The van der Waals surface area contributed by atoms with Crippen molar-refractivity contribution in [3.8, 4) is 28.9 Å². The van der Waals surface area contributed by atoms with Crippen LogP contribution in [0.2, 0.25) is 0 Å². The Hall–Kier alpha value is -6.20. The Kier molecular flexibility index (Phi) is 16.6. The zero-order valence-electron chi connectivity index (χ0n) is 35.1. The van der Waals surface area contributed by atoms with Crippen molar-refractivity contribution in [1.82, 2.24) is 15.3 Å². The second kappa shape index (κ2) is 22.2. The molecule has 16 heteroatoms. The number of ether oxygens (including phenoxy) is 8. The molecule has 0 aliphatic carbocycles. The number of amides is 3. The molecule has 0 aliphatic rings. The molecule has 0 saturated carbocycles. The first-order valence-corrected chi connectivity index (χ1v) is 19.4. The molecule has 4 aromatic carbocycles. The molecule has 0 spiro atoms. The van der Waals surface area contributed by atoms with Crippen molar-refractivity contribution in [2.45, 2.75) is 26.2 Å². The lowest BCUT2D eigenvalue weighted by atomic mass is 9.85. The first-order valence-electron chi connectivity index (χ1n) is 19.4. The van der Waals surface area contributed by atoms with Gasteiger partial charge in [-0.1, -0.05) is 45.0 Å². The number of nitrogens with one attached hydrogen (secondary N) is 4. The number of aromatic nitrogens is 2. The van der Waals surface area contributed by atoms with Gasteiger partial charge in [0, 0.05) is 67.7 Å². The molecule has 3 amide bonds. The average Bonchev–Trinajstić information content (AvgIpc) is 3.23. The number of rotatable bonds is 22. The number of benzene rings is 4. The molecule has 0 fully saturated rings. The van der Waals surface area contributed by atoms with Gasteiger partial charge in [-0.05, 0) is 35.2 Å². The number of fused-ring (bicyclic) bond motifs is 1. The largest absolute Gasteiger partial charge is 0.497 e. The lowest BCUT2D eigenvalue weighted by Gasteiger charge is -2.23. The van der Waals surface area contributed by atoms with E-state index in [0.29, 0.717) is 92.7 Å². The zero-order chi connectivity index (χ0) is 42.9. The van der Waals surface area contributed by atoms with Gasteiger partial charge in [-0.2, -0.15) is 4.98 Å². The molecule has 0 bridgehead atoms. The van der Waals surface area contributed by atoms with Gasteiger partial charge >= 0.3 is 6.03 Å². The van der Waals surface area contributed by atoms with Crippen molar-refractivity contribution in [2.24, 2.45) is 0 Å². The van der Waals surface area contributed by atoms with Crippen molar-refractivity contribution in [1.29, 1.82) is 0 Å². The Morgan fingerprint density at radius 3 is 2.12 bits per heavy atom. The van der Waals surface area contributed by atoms with E-state index >= 15 is 0 Å². The molecule has 1 aromatic heterocycles. The number of carbonyl (C=O) groups excluding carboxylic acids is 2. The summed E-state index contributed by atoms with van der Waals surface area (Å²) in [5.74, 6) is 2.11. The van der Waals surface area contributed by atoms with Gasteiger partial charge in [-0.3, -0.25) is 4.79 Å². The molecule has 60 heavy (non-hydrogen) atoms. The monoisotopic (exact) mass is 826 g/mol. The molecule has 5 aromatic rings. The van der Waals surface area contributed by atoms with Crippen LogP contribution >= 0.6 is 0 Å². The summed E-state index contributed by atoms with van der Waals surface area (Å²) in [5.41, 5.74) is 2.30. The van der Waals surface area contributed by atoms with Crippen LogP contribution in [0.4, 0.5) is 27.8 Å². The predicted molar refractivity (Wildman–Crippen MR) is 230 cm³/mol. The van der Waals surface area contributed by atoms with Crippen molar-refractivity contribution in [3.63, 3.8) is 0 Å². The van der Waals surface area contributed by atoms with E-state index in [0.717, 1.165) is 16.3 Å². The van der Waals surface area contributed by atoms with Crippen LogP contribution in [0.15, 0.2) is 79.0 Å². The normalized spacial score (nSPS) is 11.2. The van der Waals surface area contributed by atoms with E-state index in [4.69, 9.17) is 37.9 Å². The van der Waals surface area contributed by atoms with Gasteiger partial charge in [0.15, 0.2) is 5.75 Å². The minimum absolute atomic E-state index is 0.234. The van der Waals surface area contributed by atoms with Gasteiger partial charge in [0.1, 0.15) is 23.9 Å². The number of nitrogens with zero attached hydrogens (tertiary/aromatic N) is 2. The van der Waals surface area contributed by atoms with Crippen molar-refractivity contribution < 1.29 is 47.5 Å². The number of methoxy groups -OCH3 is 4. The summed E-state index contributed by atoms with van der Waals surface area (Å²) >= 11 is 0. The number of hydrogen-bond acceptors (Lipinski definition) is 13. The first kappa shape index (κ1) is 44.9. The number of carbonyl (C=O) groups is 2. The van der Waals surface area contributed by atoms with E-state index in [1.807, 2.05) is 51.1 Å². The van der Waals surface area contributed by atoms with Gasteiger partial charge in [0.2, 0.25) is 11.8 Å². The fraction of sp³-hybridized carbons (Fsp3) is 0.364. The Bertz CT molecular complexity index is 2200. The number of urea groups is 1. The van der Waals surface area contributed by atoms with E-state index in [1.54, 1.807) is 70.0 Å². The number of anilines is 4. The summed E-state index contributed by atoms with van der Waals surface area (Å²) in [6, 6.07) is 21.1. The van der Waals surface area contributed by atoms with E-state index in [2.05, 4.69) is 31.2 Å². The minimum Gasteiger partial charge on any atom is -0.497 e. The topological polar surface area (TPSA) is 182 Å². The van der Waals surface area contributed by atoms with Gasteiger partial charge in [-0.25, -0.2) is 9.78 Å². The van der Waals surface area contributed by atoms with E-state index in [-0.39, 0.29) is 28.9 Å². The van der Waals surface area contributed by atoms with Crippen molar-refractivity contribution in [2.75, 3.05) is 97.2 Å². The molecular weight excluding hydrogens is 773 g/mol. The molecule has 0 radical (unpaired) electrons. The molecular formula is C44H54N6O10. The highest BCUT2D eigenvalue weighted by molar-refractivity contribution is 6.09. The van der Waals surface area contributed by atoms with Crippen molar-refractivity contribution >= 4 is 45.7 Å². The molecule has 0 atom stereocenters. The Morgan fingerprint density at radius 2 is 1.40 bits per heavy atom. The van der Waals surface area contributed by atoms with E-state index < -0.39 is 6.03 Å². The van der Waals surface area contributed by atoms with Crippen LogP contribution in [-0.2, 0) is 24.4 Å². The first-order chi connectivity index (χ1) is 29.0. The molecule has 5 rings (SSSR count). The molecule has 0 saturated heterocycles. The molecule has 0 aliphatic heterocycles. The number of hydrogen-bond donors (Lipinski definition) is 4. The Labute approximate surface area is 350 Å². The van der Waals surface area contributed by atoms with Gasteiger partial charge in [0.05, 0.1) is 70.8 Å². The molecule has 0 unspecified atom stereocenters. The quantitative estimate of drug-likeness (QED) is 0.0503. The lowest BCUT2D eigenvalue weighted by Crippen LogP contribution is -2.28. The summed E-state index contributed by atoms with van der Waals surface area (Å²) < 4.78 is 44.4. The summed E-state index contributed by atoms with van der Waals surface area (Å²) in [6.45, 7) is 9.44. The van der Waals surface area contributed by atoms with Crippen LogP contribution in [-0.4, -0.2) is 103 Å². The second-order valence-electron chi connectivity index (χ2n) is 14.2. The maximum Gasteiger partial charge on any atom is 0.323 e. The summed E-state index contributed by atoms with van der Waals surface area (Å²) in [6.07, 6.45) is 1.58. The van der Waals surface area contributed by atoms with Crippen LogP contribution in [0, 0.1) is 0 Å². The Morgan fingerprint density at radius 1 is 0.700 bits per heavy atom. The highest BCUT2D eigenvalue weighted by atomic mass is 16.6. The second-order valence-corrected chi connectivity index (χ2v) is 14.2. The molecule has 16 nitrogen and oxygen atoms in total. The van der Waals surface area contributed by atoms with E-state index in [1.165, 1.54) is 7.11 Å². The highest BCUT2D eigenvalue weighted by Gasteiger charge is 2.24. The zero-order valence-corrected chi connectivity index (χ0v) is 35.1. The van der Waals surface area contributed by atoms with Gasteiger partial charge in [-0.15, -0.1) is 0 Å². The molecule has 1 heterocycles. The third-order valence-electron chi connectivity index (χ3n) is 8.89. The minimum atomic E-state index is -0.533. The maximum atomic E-state index is 13.6. The molecule has 4 N–H and O–H groups in total. The standard InChI is InChI=1S/C44H54N6O10/c1-44(2,3)29-24-35(41(51)45-16-17-53-4)40(56-7)37(25-29)49-43(52)48-36-12-13-38(34-11-9-8-10-33(34)36)60-39-14-15-46-42(50-39)47-30-26-31(55-6)28-32(27-30)59-23-22-58-21-20-57-19-18-54-5/h8-15,24-28H,16-23H2,1-7H3,(H,45,51)(H,46,47,50)(H2,48,49,52). The summed E-state index contributed by atoms with van der Waals surface area (Å²) in [7, 11) is 6.22. The van der Waals surface area contributed by atoms with Crippen LogP contribution in [0.5, 0.6) is 28.9 Å². The van der Waals surface area contributed by atoms with Gasteiger partial charge in [0.25, 0.3) is 5.91 Å². The smallest absolute Gasteiger partial charge is 0.323 e. The van der Waals surface area contributed by atoms with E-state index in [9.17, 15) is 9.59 Å². The molecule has 320 valence electrons. The fourth-order valence-corrected chi connectivity index (χ4v) is 5.88. The predicted octanol–water partition coefficient (Wildman–Crippen LogP) is 7.56. The summed E-state index contributed by atoms with van der Waals surface area (Å²) in [4.78, 5) is 35.8. The third-order valence-corrected chi connectivity index (χ3v) is 8.89. The third kappa shape index (κ3) is 12.9. The van der Waals surface area contributed by atoms with Crippen LogP contribution in [0.25, 0.3) is 10.8 Å². The highest BCUT2D eigenvalue weighted by Crippen LogP contribution is 2.37. The fourth-order valence-electron chi connectivity index (χ4n) is 5.88. The maximum absolute atomic E-state index is 13.6. The van der Waals surface area contributed by atoms with Crippen molar-refractivity contribution in [3.05, 3.63) is 90.1 Å². The summed E-state index contributed by atoms with van der Waals surface area (Å²) in [5, 5.41) is 13.3. The Balaban J connectivity index is 1.27. The van der Waals surface area contributed by atoms with Gasteiger partial charge < -0.3 is 59.2 Å². The van der Waals surface area contributed by atoms with Crippen LogP contribution in [0.3, 0.4) is 0 Å². The van der Waals surface area contributed by atoms with Crippen LogP contribution < -0.4 is 40.2 Å². The SMILES string of the molecule is COCCNC(=O)c1cc(C(C)(C)C)cc(NC(=O)Nc2ccc(Oc3ccnc(Nc4cc(OC)cc(OCCOCCOCCOC)c4)n3)c3ccccc23)c1OC. The lowest BCUT2D eigenvalue weighted by molar-refractivity contribution is 0.0179.